The Hall–Kier alpha value is -0.910. The van der Waals surface area contributed by atoms with E-state index in [1.54, 1.807) is 11.3 Å². The molecule has 19 heavy (non-hydrogen) atoms. The van der Waals surface area contributed by atoms with E-state index in [0.29, 0.717) is 6.54 Å². The first-order valence-electron chi connectivity index (χ1n) is 6.75. The second kappa shape index (κ2) is 6.03. The second-order valence-corrected chi connectivity index (χ2v) is 6.57. The molecule has 0 radical (unpaired) electrons. The third-order valence-electron chi connectivity index (χ3n) is 3.75. The van der Waals surface area contributed by atoms with E-state index in [4.69, 9.17) is 0 Å². The Kier molecular flexibility index (Phi) is 4.60. The molecule has 1 aliphatic rings. The van der Waals surface area contributed by atoms with Gasteiger partial charge in [0.1, 0.15) is 0 Å². The van der Waals surface area contributed by atoms with Crippen LogP contribution in [-0.2, 0) is 11.3 Å². The minimum atomic E-state index is -0.423. The molecule has 0 unspecified atom stereocenters. The summed E-state index contributed by atoms with van der Waals surface area (Å²) in [7, 11) is 1.89. The fraction of sp³-hybridized carbons (Fsp3) is 0.643. The third kappa shape index (κ3) is 3.35. The van der Waals surface area contributed by atoms with Crippen LogP contribution in [0.15, 0.2) is 17.5 Å². The molecule has 1 aromatic rings. The van der Waals surface area contributed by atoms with Crippen molar-refractivity contribution in [3.8, 4) is 0 Å². The molecular weight excluding hydrogens is 258 g/mol. The number of piperazine rings is 1. The molecule has 2 heterocycles. The highest BCUT2D eigenvalue weighted by atomic mass is 32.1. The maximum absolute atomic E-state index is 12.7. The maximum Gasteiger partial charge on any atom is 0.242 e. The van der Waals surface area contributed by atoms with Crippen LogP contribution < -0.4 is 5.32 Å². The molecule has 2 rings (SSSR count). The molecule has 1 saturated heterocycles. The van der Waals surface area contributed by atoms with Crippen LogP contribution in [0.1, 0.15) is 18.7 Å². The van der Waals surface area contributed by atoms with Gasteiger partial charge in [-0.3, -0.25) is 9.69 Å². The standard InChI is InChI=1S/C14H23N3OS/c1-14(2,17-8-6-15-7-9-17)13(18)16(3)11-12-5-4-10-19-12/h4-5,10,15H,6-9,11H2,1-3H3. The van der Waals surface area contributed by atoms with Crippen LogP contribution >= 0.6 is 11.3 Å². The van der Waals surface area contributed by atoms with Crippen LogP contribution in [0.25, 0.3) is 0 Å². The fourth-order valence-corrected chi connectivity index (χ4v) is 3.29. The van der Waals surface area contributed by atoms with Crippen molar-refractivity contribution >= 4 is 17.2 Å². The van der Waals surface area contributed by atoms with Gasteiger partial charge in [0.2, 0.25) is 5.91 Å². The summed E-state index contributed by atoms with van der Waals surface area (Å²) in [5, 5.41) is 5.38. The second-order valence-electron chi connectivity index (χ2n) is 5.54. The number of nitrogens with one attached hydrogen (secondary N) is 1. The molecule has 0 atom stereocenters. The fourth-order valence-electron chi connectivity index (χ4n) is 2.53. The zero-order chi connectivity index (χ0) is 13.9. The minimum absolute atomic E-state index is 0.197. The number of amides is 1. The summed E-state index contributed by atoms with van der Waals surface area (Å²) in [6.45, 7) is 8.57. The highest BCUT2D eigenvalue weighted by Crippen LogP contribution is 2.20. The summed E-state index contributed by atoms with van der Waals surface area (Å²) < 4.78 is 0. The zero-order valence-electron chi connectivity index (χ0n) is 12.0. The van der Waals surface area contributed by atoms with Gasteiger partial charge in [0.15, 0.2) is 0 Å². The molecule has 1 aliphatic heterocycles. The summed E-state index contributed by atoms with van der Waals surface area (Å²) in [5.41, 5.74) is -0.423. The van der Waals surface area contributed by atoms with Crippen LogP contribution in [-0.4, -0.2) is 54.5 Å². The summed E-state index contributed by atoms with van der Waals surface area (Å²) >= 11 is 1.70. The summed E-state index contributed by atoms with van der Waals surface area (Å²) in [6.07, 6.45) is 0. The Balaban J connectivity index is 2.00. The monoisotopic (exact) mass is 281 g/mol. The first kappa shape index (κ1) is 14.5. The van der Waals surface area contributed by atoms with Crippen molar-refractivity contribution in [2.75, 3.05) is 33.2 Å². The van der Waals surface area contributed by atoms with Crippen molar-refractivity contribution in [3.63, 3.8) is 0 Å². The molecule has 5 heteroatoms. The van der Waals surface area contributed by atoms with E-state index in [0.717, 1.165) is 26.2 Å². The molecule has 0 aliphatic carbocycles. The van der Waals surface area contributed by atoms with E-state index in [1.807, 2.05) is 31.9 Å². The van der Waals surface area contributed by atoms with Crippen molar-refractivity contribution in [2.45, 2.75) is 25.9 Å². The Morgan fingerprint density at radius 1 is 1.47 bits per heavy atom. The van der Waals surface area contributed by atoms with E-state index in [9.17, 15) is 4.79 Å². The predicted molar refractivity (Wildman–Crippen MR) is 79.3 cm³/mol. The van der Waals surface area contributed by atoms with Gasteiger partial charge in [-0.05, 0) is 25.3 Å². The first-order valence-corrected chi connectivity index (χ1v) is 7.63. The molecular formula is C14H23N3OS. The summed E-state index contributed by atoms with van der Waals surface area (Å²) in [5.74, 6) is 0.197. The largest absolute Gasteiger partial charge is 0.339 e. The molecule has 4 nitrogen and oxygen atoms in total. The number of hydrogen-bond donors (Lipinski definition) is 1. The number of carbonyl (C=O) groups excluding carboxylic acids is 1. The Bertz CT molecular complexity index is 410. The van der Waals surface area contributed by atoms with Crippen molar-refractivity contribution in [2.24, 2.45) is 0 Å². The Labute approximate surface area is 119 Å². The first-order chi connectivity index (χ1) is 9.01. The molecule has 0 saturated carbocycles. The SMILES string of the molecule is CN(Cc1cccs1)C(=O)C(C)(C)N1CCNCC1. The van der Waals surface area contributed by atoms with Gasteiger partial charge in [-0.15, -0.1) is 11.3 Å². The minimum Gasteiger partial charge on any atom is -0.339 e. The van der Waals surface area contributed by atoms with Crippen molar-refractivity contribution in [1.29, 1.82) is 0 Å². The van der Waals surface area contributed by atoms with Gasteiger partial charge in [0.05, 0.1) is 12.1 Å². The number of rotatable bonds is 4. The lowest BCUT2D eigenvalue weighted by Crippen LogP contribution is -2.60. The highest BCUT2D eigenvalue weighted by molar-refractivity contribution is 7.09. The molecule has 1 N–H and O–H groups in total. The summed E-state index contributed by atoms with van der Waals surface area (Å²) in [6, 6.07) is 4.10. The topological polar surface area (TPSA) is 35.6 Å². The van der Waals surface area contributed by atoms with Gasteiger partial charge in [0, 0.05) is 38.1 Å². The van der Waals surface area contributed by atoms with Gasteiger partial charge in [-0.1, -0.05) is 6.07 Å². The molecule has 1 aromatic heterocycles. The van der Waals surface area contributed by atoms with Crippen LogP contribution in [0, 0.1) is 0 Å². The lowest BCUT2D eigenvalue weighted by atomic mass is 9.99. The number of nitrogens with zero attached hydrogens (tertiary/aromatic N) is 2. The number of hydrogen-bond acceptors (Lipinski definition) is 4. The molecule has 0 spiro atoms. The number of thiophene rings is 1. The lowest BCUT2D eigenvalue weighted by Gasteiger charge is -2.41. The molecule has 1 fully saturated rings. The number of carbonyl (C=O) groups is 1. The van der Waals surface area contributed by atoms with E-state index in [-0.39, 0.29) is 5.91 Å². The van der Waals surface area contributed by atoms with Gasteiger partial charge >= 0.3 is 0 Å². The van der Waals surface area contributed by atoms with Gasteiger partial charge in [-0.2, -0.15) is 0 Å². The van der Waals surface area contributed by atoms with E-state index >= 15 is 0 Å². The quantitative estimate of drug-likeness (QED) is 0.906. The van der Waals surface area contributed by atoms with Crippen molar-refractivity contribution in [1.82, 2.24) is 15.1 Å². The summed E-state index contributed by atoms with van der Waals surface area (Å²) in [4.78, 5) is 18.0. The number of likely N-dealkylation sites (N-methyl/N-ethyl adjacent to an activating group) is 1. The van der Waals surface area contributed by atoms with E-state index in [2.05, 4.69) is 21.7 Å². The maximum atomic E-state index is 12.7. The smallest absolute Gasteiger partial charge is 0.242 e. The predicted octanol–water partition coefficient (Wildman–Crippen LogP) is 1.39. The molecule has 106 valence electrons. The Morgan fingerprint density at radius 3 is 2.74 bits per heavy atom. The van der Waals surface area contributed by atoms with Crippen LogP contribution in [0.4, 0.5) is 0 Å². The van der Waals surface area contributed by atoms with Crippen LogP contribution in [0.2, 0.25) is 0 Å². The van der Waals surface area contributed by atoms with Gasteiger partial charge in [-0.25, -0.2) is 0 Å². The molecule has 0 bridgehead atoms. The van der Waals surface area contributed by atoms with Crippen LogP contribution in [0.5, 0.6) is 0 Å². The molecule has 0 aromatic carbocycles. The van der Waals surface area contributed by atoms with E-state index < -0.39 is 5.54 Å². The Morgan fingerprint density at radius 2 is 2.16 bits per heavy atom. The highest BCUT2D eigenvalue weighted by Gasteiger charge is 2.37. The molecule has 1 amide bonds. The zero-order valence-corrected chi connectivity index (χ0v) is 12.8. The normalized spacial score (nSPS) is 17.4. The van der Waals surface area contributed by atoms with Gasteiger partial charge < -0.3 is 10.2 Å². The van der Waals surface area contributed by atoms with Crippen molar-refractivity contribution in [3.05, 3.63) is 22.4 Å². The van der Waals surface area contributed by atoms with E-state index in [1.165, 1.54) is 4.88 Å². The van der Waals surface area contributed by atoms with Crippen LogP contribution in [0.3, 0.4) is 0 Å². The lowest BCUT2D eigenvalue weighted by molar-refractivity contribution is -0.142. The van der Waals surface area contributed by atoms with Crippen molar-refractivity contribution < 1.29 is 4.79 Å². The average molecular weight is 281 g/mol. The van der Waals surface area contributed by atoms with Gasteiger partial charge in [0.25, 0.3) is 0 Å². The third-order valence-corrected chi connectivity index (χ3v) is 4.61. The average Bonchev–Trinajstić information content (AvgIpc) is 2.91.